The average molecular weight is 379 g/mol. The van der Waals surface area contributed by atoms with Crippen LogP contribution in [0.3, 0.4) is 0 Å². The SMILES string of the molecule is CCOc1cc([C@@H](N2CCNCC2)C(C)(C)C)ccc1OC.Cl.Cl. The summed E-state index contributed by atoms with van der Waals surface area (Å²) < 4.78 is 11.2. The molecule has 0 aromatic heterocycles. The number of nitrogens with zero attached hydrogens (tertiary/aromatic N) is 1. The van der Waals surface area contributed by atoms with Gasteiger partial charge in [0, 0.05) is 32.2 Å². The van der Waals surface area contributed by atoms with Crippen molar-refractivity contribution in [2.24, 2.45) is 5.41 Å². The Labute approximate surface area is 159 Å². The van der Waals surface area contributed by atoms with E-state index in [-0.39, 0.29) is 30.2 Å². The summed E-state index contributed by atoms with van der Waals surface area (Å²) in [6, 6.07) is 6.74. The Kier molecular flexibility index (Phi) is 10.0. The third kappa shape index (κ3) is 5.69. The molecule has 0 saturated carbocycles. The first kappa shape index (κ1) is 23.3. The van der Waals surface area contributed by atoms with Gasteiger partial charge in [-0.15, -0.1) is 24.8 Å². The minimum Gasteiger partial charge on any atom is -0.493 e. The summed E-state index contributed by atoms with van der Waals surface area (Å²) in [5.74, 6) is 1.64. The number of rotatable bonds is 5. The van der Waals surface area contributed by atoms with Gasteiger partial charge in [0.25, 0.3) is 0 Å². The van der Waals surface area contributed by atoms with Crippen LogP contribution in [0.2, 0.25) is 0 Å². The van der Waals surface area contributed by atoms with E-state index in [0.29, 0.717) is 12.6 Å². The van der Waals surface area contributed by atoms with Gasteiger partial charge in [-0.2, -0.15) is 0 Å². The van der Waals surface area contributed by atoms with Gasteiger partial charge in [0.1, 0.15) is 0 Å². The Bertz CT molecular complexity index is 486. The van der Waals surface area contributed by atoms with Gasteiger partial charge >= 0.3 is 0 Å². The molecule has 1 aliphatic heterocycles. The van der Waals surface area contributed by atoms with E-state index in [0.717, 1.165) is 37.7 Å². The van der Waals surface area contributed by atoms with E-state index >= 15 is 0 Å². The summed E-state index contributed by atoms with van der Waals surface area (Å²) in [4.78, 5) is 2.58. The highest BCUT2D eigenvalue weighted by Gasteiger charge is 2.33. The number of methoxy groups -OCH3 is 1. The van der Waals surface area contributed by atoms with Crippen molar-refractivity contribution < 1.29 is 9.47 Å². The van der Waals surface area contributed by atoms with Crippen LogP contribution in [-0.4, -0.2) is 44.8 Å². The van der Waals surface area contributed by atoms with Crippen LogP contribution in [0.4, 0.5) is 0 Å². The van der Waals surface area contributed by atoms with E-state index in [2.05, 4.69) is 43.1 Å². The van der Waals surface area contributed by atoms with Crippen LogP contribution in [0.1, 0.15) is 39.3 Å². The molecule has 1 aromatic rings. The Morgan fingerprint density at radius 2 is 1.75 bits per heavy atom. The van der Waals surface area contributed by atoms with Crippen LogP contribution in [0, 0.1) is 5.41 Å². The second kappa shape index (κ2) is 10.3. The van der Waals surface area contributed by atoms with Gasteiger partial charge in [0.2, 0.25) is 0 Å². The van der Waals surface area contributed by atoms with Crippen LogP contribution in [0.25, 0.3) is 0 Å². The molecule has 0 aliphatic carbocycles. The molecule has 24 heavy (non-hydrogen) atoms. The molecule has 0 amide bonds. The highest BCUT2D eigenvalue weighted by atomic mass is 35.5. The van der Waals surface area contributed by atoms with Crippen LogP contribution >= 0.6 is 24.8 Å². The predicted octanol–water partition coefficient (Wildman–Crippen LogP) is 3.93. The molecule has 1 atom stereocenters. The predicted molar refractivity (Wildman–Crippen MR) is 105 cm³/mol. The maximum absolute atomic E-state index is 5.76. The van der Waals surface area contributed by atoms with Crippen molar-refractivity contribution in [3.63, 3.8) is 0 Å². The standard InChI is InChI=1S/C18H30N2O2.2ClH/c1-6-22-16-13-14(7-8-15(16)21-5)17(18(2,3)4)20-11-9-19-10-12-20;;/h7-8,13,17,19H,6,9-12H2,1-5H3;2*1H/t17-;;/m1../s1. The molecular formula is C18H32Cl2N2O2. The third-order valence-corrected chi connectivity index (χ3v) is 4.14. The Morgan fingerprint density at radius 3 is 2.25 bits per heavy atom. The molecular weight excluding hydrogens is 347 g/mol. The number of ether oxygens (including phenoxy) is 2. The minimum absolute atomic E-state index is 0. The number of benzene rings is 1. The van der Waals surface area contributed by atoms with E-state index in [1.165, 1.54) is 5.56 Å². The molecule has 2 rings (SSSR count). The van der Waals surface area contributed by atoms with E-state index in [9.17, 15) is 0 Å². The first-order valence-corrected chi connectivity index (χ1v) is 8.23. The van der Waals surface area contributed by atoms with Gasteiger partial charge < -0.3 is 14.8 Å². The largest absolute Gasteiger partial charge is 0.493 e. The summed E-state index contributed by atoms with van der Waals surface area (Å²) in [6.45, 7) is 13.9. The van der Waals surface area contributed by atoms with Gasteiger partial charge in [-0.1, -0.05) is 26.8 Å². The van der Waals surface area contributed by atoms with Crippen LogP contribution in [-0.2, 0) is 0 Å². The fourth-order valence-corrected chi connectivity index (χ4v) is 3.33. The maximum atomic E-state index is 5.76. The minimum atomic E-state index is 0. The molecule has 0 radical (unpaired) electrons. The summed E-state index contributed by atoms with van der Waals surface area (Å²) in [5.41, 5.74) is 1.47. The van der Waals surface area contributed by atoms with Gasteiger partial charge in [-0.3, -0.25) is 4.90 Å². The van der Waals surface area contributed by atoms with Crippen molar-refractivity contribution in [2.75, 3.05) is 39.9 Å². The van der Waals surface area contributed by atoms with Crippen molar-refractivity contribution in [1.82, 2.24) is 10.2 Å². The number of nitrogens with one attached hydrogen (secondary N) is 1. The Balaban J connectivity index is 0.00000264. The molecule has 1 N–H and O–H groups in total. The quantitative estimate of drug-likeness (QED) is 0.841. The second-order valence-corrected chi connectivity index (χ2v) is 6.90. The third-order valence-electron chi connectivity index (χ3n) is 4.14. The van der Waals surface area contributed by atoms with Gasteiger partial charge in [0.15, 0.2) is 11.5 Å². The second-order valence-electron chi connectivity index (χ2n) is 6.90. The lowest BCUT2D eigenvalue weighted by atomic mass is 9.81. The molecule has 140 valence electrons. The molecule has 0 bridgehead atoms. The molecule has 4 nitrogen and oxygen atoms in total. The molecule has 0 spiro atoms. The Morgan fingerprint density at radius 1 is 1.12 bits per heavy atom. The fraction of sp³-hybridized carbons (Fsp3) is 0.667. The van der Waals surface area contributed by atoms with Crippen molar-refractivity contribution in [3.8, 4) is 11.5 Å². The van der Waals surface area contributed by atoms with Gasteiger partial charge in [-0.25, -0.2) is 0 Å². The lowest BCUT2D eigenvalue weighted by molar-refractivity contribution is 0.0859. The first-order valence-electron chi connectivity index (χ1n) is 8.23. The number of hydrogen-bond acceptors (Lipinski definition) is 4. The zero-order chi connectivity index (χ0) is 16.2. The fourth-order valence-electron chi connectivity index (χ4n) is 3.33. The average Bonchev–Trinajstić information content (AvgIpc) is 2.48. The zero-order valence-corrected chi connectivity index (χ0v) is 17.1. The van der Waals surface area contributed by atoms with Crippen LogP contribution in [0.15, 0.2) is 18.2 Å². The van der Waals surface area contributed by atoms with E-state index in [1.54, 1.807) is 7.11 Å². The van der Waals surface area contributed by atoms with Crippen molar-refractivity contribution in [3.05, 3.63) is 23.8 Å². The number of piperazine rings is 1. The smallest absolute Gasteiger partial charge is 0.161 e. The number of hydrogen-bond donors (Lipinski definition) is 1. The molecule has 1 aromatic carbocycles. The van der Waals surface area contributed by atoms with Crippen molar-refractivity contribution >= 4 is 24.8 Å². The number of halogens is 2. The molecule has 1 aliphatic rings. The summed E-state index contributed by atoms with van der Waals surface area (Å²) in [6.07, 6.45) is 0. The lowest BCUT2D eigenvalue weighted by Gasteiger charge is -2.42. The Hall–Kier alpha value is -0.680. The first-order chi connectivity index (χ1) is 10.5. The highest BCUT2D eigenvalue weighted by molar-refractivity contribution is 5.85. The molecule has 1 saturated heterocycles. The van der Waals surface area contributed by atoms with Gasteiger partial charge in [0.05, 0.1) is 13.7 Å². The van der Waals surface area contributed by atoms with E-state index < -0.39 is 0 Å². The van der Waals surface area contributed by atoms with E-state index in [4.69, 9.17) is 9.47 Å². The van der Waals surface area contributed by atoms with Crippen LogP contribution in [0.5, 0.6) is 11.5 Å². The summed E-state index contributed by atoms with van der Waals surface area (Å²) >= 11 is 0. The van der Waals surface area contributed by atoms with E-state index in [1.807, 2.05) is 13.0 Å². The normalized spacial score (nSPS) is 16.5. The molecule has 6 heteroatoms. The maximum Gasteiger partial charge on any atom is 0.161 e. The summed E-state index contributed by atoms with van der Waals surface area (Å²) in [5, 5.41) is 3.44. The monoisotopic (exact) mass is 378 g/mol. The molecule has 0 unspecified atom stereocenters. The van der Waals surface area contributed by atoms with Gasteiger partial charge in [-0.05, 0) is 30.0 Å². The van der Waals surface area contributed by atoms with Crippen molar-refractivity contribution in [2.45, 2.75) is 33.7 Å². The lowest BCUT2D eigenvalue weighted by Crippen LogP contribution is -2.48. The van der Waals surface area contributed by atoms with Crippen LogP contribution < -0.4 is 14.8 Å². The topological polar surface area (TPSA) is 33.7 Å². The molecule has 1 heterocycles. The summed E-state index contributed by atoms with van der Waals surface area (Å²) in [7, 11) is 1.69. The van der Waals surface area contributed by atoms with Crippen molar-refractivity contribution in [1.29, 1.82) is 0 Å². The zero-order valence-electron chi connectivity index (χ0n) is 15.4. The highest BCUT2D eigenvalue weighted by Crippen LogP contribution is 2.41. The molecule has 1 fully saturated rings.